The highest BCUT2D eigenvalue weighted by Gasteiger charge is 2.26. The number of benzene rings is 2. The van der Waals surface area contributed by atoms with Crippen molar-refractivity contribution in [2.24, 2.45) is 0 Å². The van der Waals surface area contributed by atoms with Crippen LogP contribution in [0.1, 0.15) is 16.7 Å². The average molecular weight is 418 g/mol. The third kappa shape index (κ3) is 5.49. The van der Waals surface area contributed by atoms with Gasteiger partial charge in [-0.25, -0.2) is 4.39 Å². The molecule has 0 atom stereocenters. The maximum atomic E-state index is 13.9. The van der Waals surface area contributed by atoms with Crippen LogP contribution < -0.4 is 24.6 Å². The van der Waals surface area contributed by atoms with Crippen molar-refractivity contribution >= 4 is 11.6 Å². The molecule has 3 rings (SSSR count). The quantitative estimate of drug-likeness (QED) is 0.611. The molecule has 2 aromatic rings. The van der Waals surface area contributed by atoms with E-state index >= 15 is 0 Å². The number of methoxy groups -OCH3 is 2. The molecule has 0 radical (unpaired) electrons. The molecular weight excluding hydrogens is 385 g/mol. The summed E-state index contributed by atoms with van der Waals surface area (Å²) in [5, 5.41) is 2.70. The lowest BCUT2D eigenvalue weighted by molar-refractivity contribution is -1.02. The SMILES string of the molecule is COc1cc(C)c(C[NH+]2CC[NH+](CC(=O)Nc3ccc(C)cc3F)CC2)cc1OC. The fraction of sp³-hybridized carbons (Fsp3) is 0.435. The molecule has 7 heteroatoms. The standard InChI is InChI=1S/C23H30FN3O3/c1-16-5-6-20(19(24)11-16)25-23(28)15-27-9-7-26(8-10-27)14-18-13-22(30-4)21(29-3)12-17(18)2/h5-6,11-13H,7-10,14-15H2,1-4H3,(H,25,28)/p+2. The smallest absolute Gasteiger partial charge is 0.279 e. The number of carbonyl (C=O) groups excluding carboxylic acids is 1. The number of anilines is 1. The molecule has 1 aliphatic rings. The van der Waals surface area contributed by atoms with Crippen LogP contribution in [0, 0.1) is 19.7 Å². The Kier molecular flexibility index (Phi) is 7.29. The summed E-state index contributed by atoms with van der Waals surface area (Å²) >= 11 is 0. The molecule has 30 heavy (non-hydrogen) atoms. The molecule has 0 aromatic heterocycles. The first kappa shape index (κ1) is 22.1. The van der Waals surface area contributed by atoms with Crippen LogP contribution in [0.3, 0.4) is 0 Å². The Balaban J connectivity index is 1.51. The molecule has 162 valence electrons. The zero-order valence-corrected chi connectivity index (χ0v) is 18.2. The first-order chi connectivity index (χ1) is 14.4. The summed E-state index contributed by atoms with van der Waals surface area (Å²) in [6.45, 7) is 8.97. The number of carbonyl (C=O) groups is 1. The van der Waals surface area contributed by atoms with Gasteiger partial charge in [-0.2, -0.15) is 0 Å². The second kappa shape index (κ2) is 9.91. The zero-order valence-electron chi connectivity index (χ0n) is 18.2. The first-order valence-corrected chi connectivity index (χ1v) is 10.3. The number of halogens is 1. The first-order valence-electron chi connectivity index (χ1n) is 10.3. The lowest BCUT2D eigenvalue weighted by atomic mass is 10.1. The van der Waals surface area contributed by atoms with Crippen molar-refractivity contribution in [1.29, 1.82) is 0 Å². The fourth-order valence-electron chi connectivity index (χ4n) is 3.94. The van der Waals surface area contributed by atoms with E-state index in [1.54, 1.807) is 26.4 Å². The second-order valence-corrected chi connectivity index (χ2v) is 8.02. The van der Waals surface area contributed by atoms with Gasteiger partial charge in [-0.1, -0.05) is 6.07 Å². The van der Waals surface area contributed by atoms with Gasteiger partial charge in [0.15, 0.2) is 18.0 Å². The van der Waals surface area contributed by atoms with Crippen LogP contribution in [0.25, 0.3) is 0 Å². The Hall–Kier alpha value is -2.64. The number of piperazine rings is 1. The van der Waals surface area contributed by atoms with E-state index in [4.69, 9.17) is 9.47 Å². The maximum absolute atomic E-state index is 13.9. The number of ether oxygens (including phenoxy) is 2. The maximum Gasteiger partial charge on any atom is 0.279 e. The molecule has 1 amide bonds. The molecule has 6 nitrogen and oxygen atoms in total. The van der Waals surface area contributed by atoms with E-state index in [-0.39, 0.29) is 11.6 Å². The van der Waals surface area contributed by atoms with E-state index in [9.17, 15) is 9.18 Å². The molecule has 1 aliphatic heterocycles. The molecule has 0 saturated carbocycles. The average Bonchev–Trinajstić information content (AvgIpc) is 2.72. The Bertz CT molecular complexity index is 896. The van der Waals surface area contributed by atoms with Crippen LogP contribution in [0.15, 0.2) is 30.3 Å². The van der Waals surface area contributed by atoms with Crippen molar-refractivity contribution in [2.45, 2.75) is 20.4 Å². The Morgan fingerprint density at radius 1 is 1.00 bits per heavy atom. The lowest BCUT2D eigenvalue weighted by Gasteiger charge is -2.29. The minimum absolute atomic E-state index is 0.146. The number of rotatable bonds is 7. The Morgan fingerprint density at radius 3 is 2.27 bits per heavy atom. The van der Waals surface area contributed by atoms with E-state index in [1.165, 1.54) is 27.0 Å². The van der Waals surface area contributed by atoms with E-state index < -0.39 is 5.82 Å². The van der Waals surface area contributed by atoms with Gasteiger partial charge >= 0.3 is 0 Å². The van der Waals surface area contributed by atoms with E-state index in [0.717, 1.165) is 49.8 Å². The lowest BCUT2D eigenvalue weighted by Crippen LogP contribution is -3.28. The van der Waals surface area contributed by atoms with Crippen molar-refractivity contribution in [3.63, 3.8) is 0 Å². The summed E-state index contributed by atoms with van der Waals surface area (Å²) < 4.78 is 24.7. The summed E-state index contributed by atoms with van der Waals surface area (Å²) in [5.74, 6) is 0.964. The number of hydrogen-bond donors (Lipinski definition) is 3. The van der Waals surface area contributed by atoms with Crippen LogP contribution in [0.4, 0.5) is 10.1 Å². The van der Waals surface area contributed by atoms with Gasteiger partial charge in [-0.05, 0) is 49.2 Å². The van der Waals surface area contributed by atoms with Gasteiger partial charge in [0.2, 0.25) is 0 Å². The molecule has 0 bridgehead atoms. The number of quaternary nitrogens is 2. The van der Waals surface area contributed by atoms with Gasteiger partial charge < -0.3 is 24.6 Å². The van der Waals surface area contributed by atoms with Gasteiger partial charge in [-0.15, -0.1) is 0 Å². The normalized spacial score (nSPS) is 18.7. The topological polar surface area (TPSA) is 56.4 Å². The summed E-state index contributed by atoms with van der Waals surface area (Å²) in [7, 11) is 3.30. The third-order valence-electron chi connectivity index (χ3n) is 5.76. The Labute approximate surface area is 177 Å². The zero-order chi connectivity index (χ0) is 21.7. The number of nitrogens with one attached hydrogen (secondary N) is 3. The van der Waals surface area contributed by atoms with Crippen molar-refractivity contribution in [3.05, 3.63) is 52.8 Å². The molecule has 0 unspecified atom stereocenters. The highest BCUT2D eigenvalue weighted by atomic mass is 19.1. The van der Waals surface area contributed by atoms with E-state index in [2.05, 4.69) is 18.3 Å². The number of amides is 1. The van der Waals surface area contributed by atoms with E-state index in [1.807, 2.05) is 13.0 Å². The van der Waals surface area contributed by atoms with Crippen LogP contribution in [0.5, 0.6) is 11.5 Å². The molecule has 3 N–H and O–H groups in total. The summed E-state index contributed by atoms with van der Waals surface area (Å²) in [6.07, 6.45) is 0. The molecule has 0 aliphatic carbocycles. The van der Waals surface area contributed by atoms with Crippen LogP contribution in [-0.4, -0.2) is 52.9 Å². The van der Waals surface area contributed by atoms with Gasteiger partial charge in [0.25, 0.3) is 5.91 Å². The predicted molar refractivity (Wildman–Crippen MR) is 114 cm³/mol. The summed E-state index contributed by atoms with van der Waals surface area (Å²) in [5.41, 5.74) is 3.52. The molecule has 1 fully saturated rings. The van der Waals surface area contributed by atoms with Gasteiger partial charge in [0.1, 0.15) is 38.5 Å². The van der Waals surface area contributed by atoms with Gasteiger partial charge in [-0.3, -0.25) is 4.79 Å². The van der Waals surface area contributed by atoms with Crippen molar-refractivity contribution < 1.29 is 28.5 Å². The fourth-order valence-corrected chi connectivity index (χ4v) is 3.94. The van der Waals surface area contributed by atoms with Gasteiger partial charge in [0.05, 0.1) is 19.9 Å². The molecule has 0 spiro atoms. The highest BCUT2D eigenvalue weighted by molar-refractivity contribution is 5.91. The summed E-state index contributed by atoms with van der Waals surface area (Å²) in [6, 6.07) is 8.92. The molecule has 1 saturated heterocycles. The van der Waals surface area contributed by atoms with Crippen molar-refractivity contribution in [3.8, 4) is 11.5 Å². The van der Waals surface area contributed by atoms with Crippen LogP contribution in [-0.2, 0) is 11.3 Å². The van der Waals surface area contributed by atoms with Crippen LogP contribution >= 0.6 is 0 Å². The van der Waals surface area contributed by atoms with E-state index in [0.29, 0.717) is 6.54 Å². The number of hydrogen-bond acceptors (Lipinski definition) is 3. The molecular formula is C23H32FN3O3+2. The minimum Gasteiger partial charge on any atom is -0.493 e. The highest BCUT2D eigenvalue weighted by Crippen LogP contribution is 2.29. The molecule has 1 heterocycles. The van der Waals surface area contributed by atoms with Crippen LogP contribution in [0.2, 0.25) is 0 Å². The van der Waals surface area contributed by atoms with Gasteiger partial charge in [0, 0.05) is 5.56 Å². The second-order valence-electron chi connectivity index (χ2n) is 8.02. The minimum atomic E-state index is -0.391. The Morgan fingerprint density at radius 2 is 1.63 bits per heavy atom. The van der Waals surface area contributed by atoms with Crippen molar-refractivity contribution in [2.75, 3.05) is 52.3 Å². The largest absolute Gasteiger partial charge is 0.493 e. The monoisotopic (exact) mass is 417 g/mol. The third-order valence-corrected chi connectivity index (χ3v) is 5.76. The predicted octanol–water partition coefficient (Wildman–Crippen LogP) is 0.382. The molecule has 2 aromatic carbocycles. The number of aryl methyl sites for hydroxylation is 2. The summed E-state index contributed by atoms with van der Waals surface area (Å²) in [4.78, 5) is 15.0. The van der Waals surface area contributed by atoms with Crippen molar-refractivity contribution in [1.82, 2.24) is 0 Å².